The number of carbonyl (C=O) groups excluding carboxylic acids is 1. The van der Waals surface area contributed by atoms with E-state index in [0.29, 0.717) is 5.69 Å². The Morgan fingerprint density at radius 3 is 2.23 bits per heavy atom. The Bertz CT molecular complexity index is 908. The lowest BCUT2D eigenvalue weighted by molar-refractivity contribution is -0.123. The fourth-order valence-electron chi connectivity index (χ4n) is 2.12. The average molecular weight is 386 g/mol. The predicted molar refractivity (Wildman–Crippen MR) is 91.6 cm³/mol. The van der Waals surface area contributed by atoms with Gasteiger partial charge in [0.1, 0.15) is 6.54 Å². The van der Waals surface area contributed by atoms with Crippen LogP contribution in [-0.2, 0) is 10.0 Å². The van der Waals surface area contributed by atoms with Gasteiger partial charge in [-0.1, -0.05) is 12.1 Å². The highest BCUT2D eigenvalue weighted by molar-refractivity contribution is 7.92. The summed E-state index contributed by atoms with van der Waals surface area (Å²) >= 11 is 0. The van der Waals surface area contributed by atoms with Gasteiger partial charge >= 0.3 is 6.18 Å². The number of sulfonamides is 1. The standard InChI is InChI=1S/C17H17F3N2O3S/c1-11-3-4-12(2)15(9-11)22-26(24,25)14-7-5-13(6-8-14)16(23)21-10-17(18,19)20/h3-9,22H,10H2,1-2H3,(H,21,23). The topological polar surface area (TPSA) is 75.3 Å². The molecule has 140 valence electrons. The van der Waals surface area contributed by atoms with Crippen molar-refractivity contribution in [1.29, 1.82) is 0 Å². The SMILES string of the molecule is Cc1ccc(C)c(NS(=O)(=O)c2ccc(C(=O)NCC(F)(F)F)cc2)c1. The summed E-state index contributed by atoms with van der Waals surface area (Å²) in [5.74, 6) is -0.936. The highest BCUT2D eigenvalue weighted by Gasteiger charge is 2.28. The van der Waals surface area contributed by atoms with Gasteiger partial charge in [0.25, 0.3) is 15.9 Å². The lowest BCUT2D eigenvalue weighted by Gasteiger charge is -2.12. The van der Waals surface area contributed by atoms with Crippen LogP contribution in [0.25, 0.3) is 0 Å². The summed E-state index contributed by atoms with van der Waals surface area (Å²) in [6.45, 7) is 2.12. The van der Waals surface area contributed by atoms with E-state index in [1.54, 1.807) is 24.4 Å². The second-order valence-electron chi connectivity index (χ2n) is 5.75. The second-order valence-corrected chi connectivity index (χ2v) is 7.43. The highest BCUT2D eigenvalue weighted by atomic mass is 32.2. The molecule has 9 heteroatoms. The molecule has 0 unspecified atom stereocenters. The van der Waals surface area contributed by atoms with Crippen LogP contribution in [0.1, 0.15) is 21.5 Å². The molecule has 2 aromatic rings. The van der Waals surface area contributed by atoms with E-state index < -0.39 is 28.7 Å². The normalized spacial score (nSPS) is 11.9. The van der Waals surface area contributed by atoms with E-state index in [0.717, 1.165) is 35.4 Å². The van der Waals surface area contributed by atoms with Crippen LogP contribution in [0.5, 0.6) is 0 Å². The van der Waals surface area contributed by atoms with E-state index in [-0.39, 0.29) is 10.5 Å². The van der Waals surface area contributed by atoms with Crippen LogP contribution in [0.2, 0.25) is 0 Å². The molecule has 0 heterocycles. The van der Waals surface area contributed by atoms with E-state index in [1.807, 2.05) is 13.0 Å². The Balaban J connectivity index is 2.16. The van der Waals surface area contributed by atoms with Crippen molar-refractivity contribution in [2.75, 3.05) is 11.3 Å². The first-order valence-corrected chi connectivity index (χ1v) is 9.01. The van der Waals surface area contributed by atoms with Crippen molar-refractivity contribution in [3.8, 4) is 0 Å². The summed E-state index contributed by atoms with van der Waals surface area (Å²) in [6, 6.07) is 9.95. The van der Waals surface area contributed by atoms with Gasteiger partial charge < -0.3 is 5.32 Å². The minimum atomic E-state index is -4.52. The molecule has 0 bridgehead atoms. The van der Waals surface area contributed by atoms with Gasteiger partial charge in [-0.2, -0.15) is 13.2 Å². The molecule has 0 aliphatic heterocycles. The van der Waals surface area contributed by atoms with Crippen molar-refractivity contribution < 1.29 is 26.4 Å². The smallest absolute Gasteiger partial charge is 0.343 e. The summed E-state index contributed by atoms with van der Waals surface area (Å²) in [7, 11) is -3.89. The summed E-state index contributed by atoms with van der Waals surface area (Å²) in [6.07, 6.45) is -4.52. The molecule has 2 rings (SSSR count). The number of benzene rings is 2. The molecule has 0 aromatic heterocycles. The average Bonchev–Trinajstić information content (AvgIpc) is 2.55. The van der Waals surface area contributed by atoms with Gasteiger partial charge in [-0.25, -0.2) is 8.42 Å². The Hall–Kier alpha value is -2.55. The number of hydrogen-bond acceptors (Lipinski definition) is 3. The molecule has 0 saturated carbocycles. The largest absolute Gasteiger partial charge is 0.405 e. The first-order valence-electron chi connectivity index (χ1n) is 7.53. The molecule has 0 fully saturated rings. The van der Waals surface area contributed by atoms with Crippen molar-refractivity contribution in [2.24, 2.45) is 0 Å². The van der Waals surface area contributed by atoms with Gasteiger partial charge in [-0.05, 0) is 55.3 Å². The van der Waals surface area contributed by atoms with E-state index in [1.165, 1.54) is 0 Å². The molecule has 0 atom stereocenters. The molecule has 0 radical (unpaired) electrons. The quantitative estimate of drug-likeness (QED) is 0.827. The van der Waals surface area contributed by atoms with Crippen molar-refractivity contribution in [3.63, 3.8) is 0 Å². The maximum absolute atomic E-state index is 12.4. The Morgan fingerprint density at radius 2 is 1.65 bits per heavy atom. The van der Waals surface area contributed by atoms with E-state index in [2.05, 4.69) is 4.72 Å². The third kappa shape index (κ3) is 5.22. The van der Waals surface area contributed by atoms with Gasteiger partial charge in [0.05, 0.1) is 10.6 Å². The molecule has 26 heavy (non-hydrogen) atoms. The van der Waals surface area contributed by atoms with Crippen molar-refractivity contribution in [1.82, 2.24) is 5.32 Å². The van der Waals surface area contributed by atoms with Crippen molar-refractivity contribution in [2.45, 2.75) is 24.9 Å². The van der Waals surface area contributed by atoms with Gasteiger partial charge in [-0.15, -0.1) is 0 Å². The maximum Gasteiger partial charge on any atom is 0.405 e. The van der Waals surface area contributed by atoms with Crippen LogP contribution < -0.4 is 10.0 Å². The van der Waals surface area contributed by atoms with Gasteiger partial charge in [-0.3, -0.25) is 9.52 Å². The van der Waals surface area contributed by atoms with Gasteiger partial charge in [0, 0.05) is 5.56 Å². The first kappa shape index (κ1) is 19.8. The number of amides is 1. The zero-order valence-electron chi connectivity index (χ0n) is 14.0. The van der Waals surface area contributed by atoms with Gasteiger partial charge in [0.15, 0.2) is 0 Å². The van der Waals surface area contributed by atoms with E-state index in [4.69, 9.17) is 0 Å². The van der Waals surface area contributed by atoms with Crippen LogP contribution in [0, 0.1) is 13.8 Å². The van der Waals surface area contributed by atoms with Gasteiger partial charge in [0.2, 0.25) is 0 Å². The lowest BCUT2D eigenvalue weighted by atomic mass is 10.1. The molecule has 0 aliphatic carbocycles. The third-order valence-electron chi connectivity index (χ3n) is 3.51. The van der Waals surface area contributed by atoms with Crippen LogP contribution in [0.15, 0.2) is 47.4 Å². The van der Waals surface area contributed by atoms with E-state index >= 15 is 0 Å². The molecule has 0 aliphatic rings. The van der Waals surface area contributed by atoms with Crippen molar-refractivity contribution >= 4 is 21.6 Å². The second kappa shape index (κ2) is 7.36. The summed E-state index contributed by atoms with van der Waals surface area (Å²) in [5.41, 5.74) is 1.98. The Labute approximate surface area is 149 Å². The molecule has 2 N–H and O–H groups in total. The number of aryl methyl sites for hydroxylation is 2. The molecule has 0 saturated heterocycles. The molecular formula is C17H17F3N2O3S. The number of halogens is 3. The van der Waals surface area contributed by atoms with Crippen LogP contribution in [-0.4, -0.2) is 27.0 Å². The number of hydrogen-bond donors (Lipinski definition) is 2. The summed E-state index contributed by atoms with van der Waals surface area (Å²) < 4.78 is 63.7. The number of alkyl halides is 3. The number of nitrogens with one attached hydrogen (secondary N) is 2. The fourth-order valence-corrected chi connectivity index (χ4v) is 3.24. The molecule has 0 spiro atoms. The summed E-state index contributed by atoms with van der Waals surface area (Å²) in [4.78, 5) is 11.5. The molecular weight excluding hydrogens is 369 g/mol. The lowest BCUT2D eigenvalue weighted by Crippen LogP contribution is -2.33. The zero-order chi connectivity index (χ0) is 19.5. The molecule has 5 nitrogen and oxygen atoms in total. The van der Waals surface area contributed by atoms with Crippen molar-refractivity contribution in [3.05, 3.63) is 59.2 Å². The van der Waals surface area contributed by atoms with Crippen LogP contribution >= 0.6 is 0 Å². The fraction of sp³-hybridized carbons (Fsp3) is 0.235. The van der Waals surface area contributed by atoms with Crippen LogP contribution in [0.4, 0.5) is 18.9 Å². The van der Waals surface area contributed by atoms with Crippen LogP contribution in [0.3, 0.4) is 0 Å². The number of anilines is 1. The highest BCUT2D eigenvalue weighted by Crippen LogP contribution is 2.21. The monoisotopic (exact) mass is 386 g/mol. The number of carbonyl (C=O) groups is 1. The Kier molecular flexibility index (Phi) is 5.60. The minimum Gasteiger partial charge on any atom is -0.343 e. The predicted octanol–water partition coefficient (Wildman–Crippen LogP) is 3.40. The Morgan fingerprint density at radius 1 is 1.04 bits per heavy atom. The zero-order valence-corrected chi connectivity index (χ0v) is 14.8. The number of rotatable bonds is 5. The third-order valence-corrected chi connectivity index (χ3v) is 4.90. The molecule has 2 aromatic carbocycles. The summed E-state index contributed by atoms with van der Waals surface area (Å²) in [5, 5.41) is 1.72. The molecule has 1 amide bonds. The minimum absolute atomic E-state index is 0.0695. The maximum atomic E-state index is 12.4. The first-order chi connectivity index (χ1) is 12.0. The van der Waals surface area contributed by atoms with E-state index in [9.17, 15) is 26.4 Å².